The van der Waals surface area contributed by atoms with Gasteiger partial charge in [-0.15, -0.1) is 0 Å². The minimum absolute atomic E-state index is 0.0454. The lowest BCUT2D eigenvalue weighted by molar-refractivity contribution is -0.142. The fourth-order valence-corrected chi connectivity index (χ4v) is 1.72. The fraction of sp³-hybridized carbons (Fsp3) is 0.818. The summed E-state index contributed by atoms with van der Waals surface area (Å²) in [4.78, 5) is 13.5. The van der Waals surface area contributed by atoms with Crippen LogP contribution in [0.1, 0.15) is 26.2 Å². The highest BCUT2D eigenvalue weighted by Gasteiger charge is 2.45. The summed E-state index contributed by atoms with van der Waals surface area (Å²) >= 11 is 0. The maximum absolute atomic E-state index is 11.9. The number of hydrogen-bond donors (Lipinski definition) is 0. The zero-order valence-electron chi connectivity index (χ0n) is 9.45. The molecule has 4 nitrogen and oxygen atoms in total. The van der Waals surface area contributed by atoms with Crippen molar-refractivity contribution in [3.05, 3.63) is 0 Å². The first kappa shape index (κ1) is 12.0. The number of hydrogen-bond acceptors (Lipinski definition) is 3. The van der Waals surface area contributed by atoms with Gasteiger partial charge in [0.1, 0.15) is 5.41 Å². The van der Waals surface area contributed by atoms with Crippen molar-refractivity contribution < 1.29 is 9.53 Å². The zero-order chi connectivity index (χ0) is 11.3. The monoisotopic (exact) mass is 210 g/mol. The van der Waals surface area contributed by atoms with E-state index in [0.717, 1.165) is 6.42 Å². The van der Waals surface area contributed by atoms with Crippen molar-refractivity contribution in [3.63, 3.8) is 0 Å². The van der Waals surface area contributed by atoms with Gasteiger partial charge in [-0.3, -0.25) is 4.79 Å². The van der Waals surface area contributed by atoms with E-state index >= 15 is 0 Å². The number of likely N-dealkylation sites (N-methyl/N-ethyl adjacent to an activating group) is 1. The number of amides is 1. The summed E-state index contributed by atoms with van der Waals surface area (Å²) in [5.41, 5.74) is -0.721. The number of carbonyl (C=O) groups is 1. The Morgan fingerprint density at radius 1 is 1.60 bits per heavy atom. The lowest BCUT2D eigenvalue weighted by atomic mass is 9.69. The average molecular weight is 210 g/mol. The minimum Gasteiger partial charge on any atom is -0.380 e. The molecule has 1 saturated carbocycles. The lowest BCUT2D eigenvalue weighted by Gasteiger charge is -2.36. The van der Waals surface area contributed by atoms with Crippen LogP contribution in [0, 0.1) is 16.7 Å². The van der Waals surface area contributed by atoms with Crippen LogP contribution in [0.25, 0.3) is 0 Å². The summed E-state index contributed by atoms with van der Waals surface area (Å²) < 4.78 is 5.18. The summed E-state index contributed by atoms with van der Waals surface area (Å²) in [6, 6.07) is 2.15. The Labute approximate surface area is 90.8 Å². The first-order chi connectivity index (χ1) is 7.16. The van der Waals surface area contributed by atoms with Gasteiger partial charge in [0.2, 0.25) is 5.91 Å². The van der Waals surface area contributed by atoms with E-state index in [-0.39, 0.29) is 5.91 Å². The van der Waals surface area contributed by atoms with Gasteiger partial charge < -0.3 is 9.64 Å². The predicted octanol–water partition coefficient (Wildman–Crippen LogP) is 1.18. The highest BCUT2D eigenvalue weighted by atomic mass is 16.5. The first-order valence-corrected chi connectivity index (χ1v) is 5.41. The molecule has 84 valence electrons. The SMILES string of the molecule is CCOCCN(C)C(=O)C1(C#N)CCC1. The van der Waals surface area contributed by atoms with Crippen LogP contribution in [-0.2, 0) is 9.53 Å². The third-order valence-electron chi connectivity index (χ3n) is 2.95. The second kappa shape index (κ2) is 5.13. The van der Waals surface area contributed by atoms with Crippen LogP contribution in [0.15, 0.2) is 0 Å². The Bertz CT molecular complexity index is 266. The topological polar surface area (TPSA) is 53.3 Å². The average Bonchev–Trinajstić information content (AvgIpc) is 2.17. The highest BCUT2D eigenvalue weighted by molar-refractivity contribution is 5.86. The summed E-state index contributed by atoms with van der Waals surface area (Å²) in [7, 11) is 1.73. The van der Waals surface area contributed by atoms with Gasteiger partial charge in [-0.2, -0.15) is 5.26 Å². The van der Waals surface area contributed by atoms with E-state index in [1.54, 1.807) is 11.9 Å². The van der Waals surface area contributed by atoms with Crippen LogP contribution in [0.2, 0.25) is 0 Å². The molecule has 15 heavy (non-hydrogen) atoms. The predicted molar refractivity (Wildman–Crippen MR) is 56.0 cm³/mol. The summed E-state index contributed by atoms with van der Waals surface area (Å²) in [6.07, 6.45) is 2.40. The molecular formula is C11H18N2O2. The summed E-state index contributed by atoms with van der Waals surface area (Å²) in [5, 5.41) is 9.00. The first-order valence-electron chi connectivity index (χ1n) is 5.41. The molecule has 0 aromatic carbocycles. The number of rotatable bonds is 5. The molecule has 0 heterocycles. The highest BCUT2D eigenvalue weighted by Crippen LogP contribution is 2.41. The van der Waals surface area contributed by atoms with E-state index < -0.39 is 5.41 Å². The Morgan fingerprint density at radius 3 is 2.67 bits per heavy atom. The number of carbonyl (C=O) groups excluding carboxylic acids is 1. The Kier molecular flexibility index (Phi) is 4.10. The van der Waals surface area contributed by atoms with Gasteiger partial charge in [0.05, 0.1) is 12.7 Å². The van der Waals surface area contributed by atoms with Gasteiger partial charge in [0.25, 0.3) is 0 Å². The van der Waals surface area contributed by atoms with Gasteiger partial charge in [-0.1, -0.05) is 0 Å². The van der Waals surface area contributed by atoms with Crippen molar-refractivity contribution in [2.45, 2.75) is 26.2 Å². The molecule has 0 bridgehead atoms. The molecule has 1 aliphatic rings. The standard InChI is InChI=1S/C11H18N2O2/c1-3-15-8-7-13(2)10(14)11(9-12)5-4-6-11/h3-8H2,1-2H3. The van der Waals surface area contributed by atoms with Crippen molar-refractivity contribution >= 4 is 5.91 Å². The molecule has 0 spiro atoms. The van der Waals surface area contributed by atoms with Gasteiger partial charge in [0, 0.05) is 20.2 Å². The largest absolute Gasteiger partial charge is 0.380 e. The molecule has 0 aromatic rings. The lowest BCUT2D eigenvalue weighted by Crippen LogP contribution is -2.46. The molecule has 1 rings (SSSR count). The normalized spacial score (nSPS) is 17.7. The second-order valence-electron chi connectivity index (χ2n) is 3.97. The van der Waals surface area contributed by atoms with Gasteiger partial charge in [-0.25, -0.2) is 0 Å². The zero-order valence-corrected chi connectivity index (χ0v) is 9.45. The molecule has 1 fully saturated rings. The summed E-state index contributed by atoms with van der Waals surface area (Å²) in [6.45, 7) is 3.69. The third-order valence-corrected chi connectivity index (χ3v) is 2.95. The van der Waals surface area contributed by atoms with Crippen LogP contribution >= 0.6 is 0 Å². The van der Waals surface area contributed by atoms with Crippen LogP contribution in [0.5, 0.6) is 0 Å². The maximum atomic E-state index is 11.9. The molecule has 0 aromatic heterocycles. The van der Waals surface area contributed by atoms with Gasteiger partial charge in [0.15, 0.2) is 0 Å². The van der Waals surface area contributed by atoms with Crippen molar-refractivity contribution in [2.24, 2.45) is 5.41 Å². The molecule has 4 heteroatoms. The Balaban J connectivity index is 2.42. The van der Waals surface area contributed by atoms with Crippen LogP contribution in [0.4, 0.5) is 0 Å². The Hall–Kier alpha value is -1.08. The van der Waals surface area contributed by atoms with Crippen LogP contribution < -0.4 is 0 Å². The van der Waals surface area contributed by atoms with Gasteiger partial charge >= 0.3 is 0 Å². The third kappa shape index (κ3) is 2.48. The fourth-order valence-electron chi connectivity index (χ4n) is 1.72. The quantitative estimate of drug-likeness (QED) is 0.640. The molecule has 0 radical (unpaired) electrons. The molecule has 1 amide bonds. The molecule has 0 unspecified atom stereocenters. The smallest absolute Gasteiger partial charge is 0.242 e. The number of nitrogens with zero attached hydrogens (tertiary/aromatic N) is 2. The molecule has 0 aliphatic heterocycles. The maximum Gasteiger partial charge on any atom is 0.242 e. The summed E-state index contributed by atoms with van der Waals surface area (Å²) in [5.74, 6) is -0.0454. The molecule has 0 saturated heterocycles. The van der Waals surface area contributed by atoms with E-state index in [2.05, 4.69) is 6.07 Å². The Morgan fingerprint density at radius 2 is 2.27 bits per heavy atom. The molecule has 1 aliphatic carbocycles. The second-order valence-corrected chi connectivity index (χ2v) is 3.97. The van der Waals surface area contributed by atoms with Crippen molar-refractivity contribution in [1.29, 1.82) is 5.26 Å². The van der Waals surface area contributed by atoms with Crippen molar-refractivity contribution in [1.82, 2.24) is 4.90 Å². The van der Waals surface area contributed by atoms with Crippen LogP contribution in [0.3, 0.4) is 0 Å². The molecule has 0 N–H and O–H groups in total. The van der Waals surface area contributed by atoms with E-state index in [9.17, 15) is 4.79 Å². The van der Waals surface area contributed by atoms with E-state index in [1.807, 2.05) is 6.92 Å². The van der Waals surface area contributed by atoms with Crippen molar-refractivity contribution in [3.8, 4) is 6.07 Å². The van der Waals surface area contributed by atoms with E-state index in [0.29, 0.717) is 32.6 Å². The number of ether oxygens (including phenoxy) is 1. The van der Waals surface area contributed by atoms with Crippen molar-refractivity contribution in [2.75, 3.05) is 26.8 Å². The molecule has 0 atom stereocenters. The van der Waals surface area contributed by atoms with E-state index in [4.69, 9.17) is 10.00 Å². The van der Waals surface area contributed by atoms with Crippen LogP contribution in [-0.4, -0.2) is 37.6 Å². The van der Waals surface area contributed by atoms with E-state index in [1.165, 1.54) is 0 Å². The number of nitriles is 1. The minimum atomic E-state index is -0.721. The molecular weight excluding hydrogens is 192 g/mol. The van der Waals surface area contributed by atoms with Gasteiger partial charge in [-0.05, 0) is 26.2 Å².